The Kier molecular flexibility index (Phi) is 8.04. The number of nitrogens with zero attached hydrogens (tertiary/aromatic N) is 1. The third-order valence-electron chi connectivity index (χ3n) is 4.87. The summed E-state index contributed by atoms with van der Waals surface area (Å²) in [6.45, 7) is 6.65. The molecule has 0 aromatic heterocycles. The Labute approximate surface area is 193 Å². The molecule has 168 valence electrons. The second-order valence-corrected chi connectivity index (χ2v) is 11.1. The van der Waals surface area contributed by atoms with E-state index in [1.165, 1.54) is 28.1 Å². The van der Waals surface area contributed by atoms with Crippen LogP contribution in [-0.2, 0) is 14.8 Å². The molecule has 1 amide bonds. The van der Waals surface area contributed by atoms with Gasteiger partial charge in [0.1, 0.15) is 4.90 Å². The average molecular weight is 483 g/mol. The number of sulfonamides is 1. The Morgan fingerprint density at radius 3 is 2.45 bits per heavy atom. The Balaban J connectivity index is 1.65. The highest BCUT2D eigenvalue weighted by Gasteiger charge is 2.33. The second-order valence-electron chi connectivity index (χ2n) is 7.64. The van der Waals surface area contributed by atoms with E-state index in [-0.39, 0.29) is 46.7 Å². The quantitative estimate of drug-likeness (QED) is 0.477. The van der Waals surface area contributed by atoms with Crippen LogP contribution < -0.4 is 5.32 Å². The Morgan fingerprint density at radius 2 is 1.81 bits per heavy atom. The van der Waals surface area contributed by atoms with Crippen molar-refractivity contribution in [1.29, 1.82) is 0 Å². The van der Waals surface area contributed by atoms with Crippen LogP contribution in [0.2, 0.25) is 5.02 Å². The molecule has 3 rings (SSSR count). The monoisotopic (exact) mass is 482 g/mol. The maximum atomic E-state index is 13.2. The van der Waals surface area contributed by atoms with Gasteiger partial charge in [-0.15, -0.1) is 11.8 Å². The van der Waals surface area contributed by atoms with Crippen molar-refractivity contribution in [3.63, 3.8) is 0 Å². The SMILES string of the molecule is Cc1ccc(SCCNC(=O)c2ccc(Cl)c(S(=O)(=O)N3CC(C)OC(C)C3)c2)cc1. The smallest absolute Gasteiger partial charge is 0.251 e. The number of rotatable bonds is 7. The van der Waals surface area contributed by atoms with Crippen LogP contribution in [0.4, 0.5) is 0 Å². The summed E-state index contributed by atoms with van der Waals surface area (Å²) in [4.78, 5) is 13.7. The van der Waals surface area contributed by atoms with Crippen molar-refractivity contribution in [3.8, 4) is 0 Å². The van der Waals surface area contributed by atoms with Gasteiger partial charge in [0.25, 0.3) is 5.91 Å². The topological polar surface area (TPSA) is 75.7 Å². The molecular formula is C22H27ClN2O4S2. The normalized spacial score (nSPS) is 19.9. The zero-order valence-corrected chi connectivity index (χ0v) is 20.2. The van der Waals surface area contributed by atoms with Crippen LogP contribution in [0.25, 0.3) is 0 Å². The van der Waals surface area contributed by atoms with E-state index in [0.29, 0.717) is 12.3 Å². The van der Waals surface area contributed by atoms with Gasteiger partial charge in [0, 0.05) is 35.8 Å². The first-order valence-electron chi connectivity index (χ1n) is 10.1. The van der Waals surface area contributed by atoms with Gasteiger partial charge in [-0.2, -0.15) is 4.31 Å². The van der Waals surface area contributed by atoms with E-state index in [0.717, 1.165) is 4.90 Å². The average Bonchev–Trinajstić information content (AvgIpc) is 2.72. The van der Waals surface area contributed by atoms with Crippen molar-refractivity contribution in [2.45, 2.75) is 42.8 Å². The van der Waals surface area contributed by atoms with Crippen molar-refractivity contribution in [3.05, 3.63) is 58.6 Å². The van der Waals surface area contributed by atoms with Crippen LogP contribution >= 0.6 is 23.4 Å². The Morgan fingerprint density at radius 1 is 1.16 bits per heavy atom. The molecular weight excluding hydrogens is 456 g/mol. The number of aryl methyl sites for hydroxylation is 1. The maximum absolute atomic E-state index is 13.2. The number of hydrogen-bond acceptors (Lipinski definition) is 5. The molecule has 31 heavy (non-hydrogen) atoms. The molecule has 1 saturated heterocycles. The second kappa shape index (κ2) is 10.4. The molecule has 1 fully saturated rings. The van der Waals surface area contributed by atoms with E-state index in [2.05, 4.69) is 5.32 Å². The summed E-state index contributed by atoms with van der Waals surface area (Å²) in [5, 5.41) is 2.94. The van der Waals surface area contributed by atoms with Gasteiger partial charge in [0.15, 0.2) is 0 Å². The minimum Gasteiger partial charge on any atom is -0.373 e. The lowest BCUT2D eigenvalue weighted by Crippen LogP contribution is -2.48. The summed E-state index contributed by atoms with van der Waals surface area (Å²) in [7, 11) is -3.84. The molecule has 1 heterocycles. The number of hydrogen-bond donors (Lipinski definition) is 1. The van der Waals surface area contributed by atoms with Crippen molar-refractivity contribution in [2.75, 3.05) is 25.4 Å². The number of carbonyl (C=O) groups excluding carboxylic acids is 1. The van der Waals surface area contributed by atoms with Gasteiger partial charge >= 0.3 is 0 Å². The first-order valence-corrected chi connectivity index (χ1v) is 12.9. The predicted molar refractivity (Wildman–Crippen MR) is 124 cm³/mol. The summed E-state index contributed by atoms with van der Waals surface area (Å²) in [5.41, 5.74) is 1.46. The van der Waals surface area contributed by atoms with Crippen LogP contribution in [0.3, 0.4) is 0 Å². The van der Waals surface area contributed by atoms with Crippen molar-refractivity contribution < 1.29 is 17.9 Å². The highest BCUT2D eigenvalue weighted by Crippen LogP contribution is 2.28. The molecule has 0 aliphatic carbocycles. The van der Waals surface area contributed by atoms with Crippen molar-refractivity contribution in [1.82, 2.24) is 9.62 Å². The summed E-state index contributed by atoms with van der Waals surface area (Å²) >= 11 is 7.86. The number of carbonyl (C=O) groups is 1. The molecule has 0 spiro atoms. The lowest BCUT2D eigenvalue weighted by molar-refractivity contribution is -0.0440. The fourth-order valence-electron chi connectivity index (χ4n) is 3.38. The van der Waals surface area contributed by atoms with E-state index in [1.807, 2.05) is 45.0 Å². The number of thioether (sulfide) groups is 1. The molecule has 2 aromatic carbocycles. The van der Waals surface area contributed by atoms with Crippen LogP contribution in [0, 0.1) is 6.92 Å². The standard InChI is InChI=1S/C22H27ClN2O4S2/c1-15-4-7-19(8-5-15)30-11-10-24-22(26)18-6-9-20(23)21(12-18)31(27,28)25-13-16(2)29-17(3)14-25/h4-9,12,16-17H,10-11,13-14H2,1-3H3,(H,24,26). The fraction of sp³-hybridized carbons (Fsp3) is 0.409. The molecule has 6 nitrogen and oxygen atoms in total. The van der Waals surface area contributed by atoms with Crippen molar-refractivity contribution >= 4 is 39.3 Å². The van der Waals surface area contributed by atoms with Crippen molar-refractivity contribution in [2.24, 2.45) is 0 Å². The summed E-state index contributed by atoms with van der Waals surface area (Å²) in [6.07, 6.45) is -0.426. The van der Waals surface area contributed by atoms with E-state index in [9.17, 15) is 13.2 Å². The van der Waals surface area contributed by atoms with Gasteiger partial charge < -0.3 is 10.1 Å². The third-order valence-corrected chi connectivity index (χ3v) is 8.20. The number of amides is 1. The number of halogens is 1. The van der Waals surface area contributed by atoms with Crippen LogP contribution in [-0.4, -0.2) is 56.2 Å². The zero-order chi connectivity index (χ0) is 22.6. The first-order chi connectivity index (χ1) is 14.7. The summed E-state index contributed by atoms with van der Waals surface area (Å²) < 4.78 is 33.3. The number of nitrogens with one attached hydrogen (secondary N) is 1. The molecule has 0 bridgehead atoms. The first kappa shape index (κ1) is 24.1. The maximum Gasteiger partial charge on any atom is 0.251 e. The largest absolute Gasteiger partial charge is 0.373 e. The Hall–Kier alpha value is -1.58. The number of morpholine rings is 1. The number of ether oxygens (including phenoxy) is 1. The molecule has 1 N–H and O–H groups in total. The van der Waals surface area contributed by atoms with Crippen LogP contribution in [0.1, 0.15) is 29.8 Å². The van der Waals surface area contributed by atoms with Gasteiger partial charge in [0.05, 0.1) is 17.2 Å². The van der Waals surface area contributed by atoms with Gasteiger partial charge in [-0.3, -0.25) is 4.79 Å². The van der Waals surface area contributed by atoms with Gasteiger partial charge in [0.2, 0.25) is 10.0 Å². The highest BCUT2D eigenvalue weighted by atomic mass is 35.5. The zero-order valence-electron chi connectivity index (χ0n) is 17.8. The fourth-order valence-corrected chi connectivity index (χ4v) is 6.24. The predicted octanol–water partition coefficient (Wildman–Crippen LogP) is 3.97. The summed E-state index contributed by atoms with van der Waals surface area (Å²) in [6, 6.07) is 12.5. The molecule has 0 saturated carbocycles. The van der Waals surface area contributed by atoms with Gasteiger partial charge in [-0.05, 0) is 51.1 Å². The van der Waals surface area contributed by atoms with Crippen LogP contribution in [0.15, 0.2) is 52.3 Å². The Bertz CT molecular complexity index is 1020. The molecule has 9 heteroatoms. The minimum absolute atomic E-state index is 0.0582. The third kappa shape index (κ3) is 6.23. The molecule has 0 radical (unpaired) electrons. The van der Waals surface area contributed by atoms with E-state index in [4.69, 9.17) is 16.3 Å². The van der Waals surface area contributed by atoms with Gasteiger partial charge in [-0.25, -0.2) is 8.42 Å². The van der Waals surface area contributed by atoms with E-state index >= 15 is 0 Å². The molecule has 1 aliphatic rings. The molecule has 2 unspecified atom stereocenters. The number of benzene rings is 2. The lowest BCUT2D eigenvalue weighted by Gasteiger charge is -2.34. The van der Waals surface area contributed by atoms with Crippen LogP contribution in [0.5, 0.6) is 0 Å². The van der Waals surface area contributed by atoms with E-state index in [1.54, 1.807) is 11.8 Å². The minimum atomic E-state index is -3.84. The highest BCUT2D eigenvalue weighted by molar-refractivity contribution is 7.99. The summed E-state index contributed by atoms with van der Waals surface area (Å²) in [5.74, 6) is 0.373. The lowest BCUT2D eigenvalue weighted by atomic mass is 10.2. The molecule has 2 aromatic rings. The molecule has 1 aliphatic heterocycles. The van der Waals surface area contributed by atoms with E-state index < -0.39 is 10.0 Å². The van der Waals surface area contributed by atoms with Gasteiger partial charge in [-0.1, -0.05) is 29.3 Å². The molecule has 2 atom stereocenters.